The van der Waals surface area contributed by atoms with Gasteiger partial charge in [0.05, 0.1) is 0 Å². The van der Waals surface area contributed by atoms with Gasteiger partial charge in [0.15, 0.2) is 0 Å². The second-order valence-electron chi connectivity index (χ2n) is 6.70. The minimum atomic E-state index is -0.00940. The molecule has 0 aliphatic carbocycles. The Kier molecular flexibility index (Phi) is 6.00. The molecule has 136 valence electrons. The van der Waals surface area contributed by atoms with Crippen LogP contribution < -0.4 is 10.9 Å². The molecular formula is C21H26N4O. The molecule has 2 aromatic heterocycles. The zero-order valence-corrected chi connectivity index (χ0v) is 15.5. The van der Waals surface area contributed by atoms with E-state index in [4.69, 9.17) is 0 Å². The normalized spacial score (nSPS) is 12.2. The zero-order valence-electron chi connectivity index (χ0n) is 15.5. The van der Waals surface area contributed by atoms with Crippen molar-refractivity contribution in [2.24, 2.45) is 0 Å². The molecular weight excluding hydrogens is 324 g/mol. The Morgan fingerprint density at radius 3 is 2.65 bits per heavy atom. The van der Waals surface area contributed by atoms with E-state index in [2.05, 4.69) is 29.1 Å². The van der Waals surface area contributed by atoms with Crippen LogP contribution in [0.4, 0.5) is 11.6 Å². The highest BCUT2D eigenvalue weighted by molar-refractivity contribution is 5.75. The third-order valence-electron chi connectivity index (χ3n) is 4.61. The lowest BCUT2D eigenvalue weighted by Crippen LogP contribution is -2.23. The summed E-state index contributed by atoms with van der Waals surface area (Å²) in [4.78, 5) is 21.5. The van der Waals surface area contributed by atoms with E-state index in [1.165, 1.54) is 19.3 Å². The van der Waals surface area contributed by atoms with Crippen LogP contribution in [0.2, 0.25) is 0 Å². The van der Waals surface area contributed by atoms with Crippen LogP contribution in [-0.4, -0.2) is 14.5 Å². The number of aromatic nitrogens is 3. The third kappa shape index (κ3) is 4.28. The van der Waals surface area contributed by atoms with Crippen molar-refractivity contribution in [3.63, 3.8) is 0 Å². The van der Waals surface area contributed by atoms with Crippen molar-refractivity contribution < 1.29 is 0 Å². The Morgan fingerprint density at radius 2 is 1.88 bits per heavy atom. The predicted octanol–water partition coefficient (Wildman–Crippen LogP) is 5.07. The van der Waals surface area contributed by atoms with Crippen molar-refractivity contribution >= 4 is 22.7 Å². The van der Waals surface area contributed by atoms with Gasteiger partial charge in [-0.2, -0.15) is 4.98 Å². The van der Waals surface area contributed by atoms with Crippen LogP contribution in [0.1, 0.15) is 52.0 Å². The summed E-state index contributed by atoms with van der Waals surface area (Å²) in [6.07, 6.45) is 7.53. The van der Waals surface area contributed by atoms with Crippen LogP contribution in [0.25, 0.3) is 11.0 Å². The van der Waals surface area contributed by atoms with E-state index in [0.29, 0.717) is 11.6 Å². The van der Waals surface area contributed by atoms with E-state index < -0.39 is 0 Å². The number of anilines is 2. The number of nitrogens with one attached hydrogen (secondary N) is 1. The molecule has 0 saturated heterocycles. The van der Waals surface area contributed by atoms with Crippen LogP contribution >= 0.6 is 0 Å². The van der Waals surface area contributed by atoms with Gasteiger partial charge in [-0.1, -0.05) is 50.8 Å². The smallest absolute Gasteiger partial charge is 0.252 e. The summed E-state index contributed by atoms with van der Waals surface area (Å²) in [7, 11) is 0. The summed E-state index contributed by atoms with van der Waals surface area (Å²) >= 11 is 0. The molecule has 5 heteroatoms. The van der Waals surface area contributed by atoms with E-state index in [1.54, 1.807) is 22.9 Å². The summed E-state index contributed by atoms with van der Waals surface area (Å²) in [6.45, 7) is 4.30. The van der Waals surface area contributed by atoms with Gasteiger partial charge in [-0.25, -0.2) is 4.98 Å². The highest BCUT2D eigenvalue weighted by Gasteiger charge is 2.12. The Morgan fingerprint density at radius 1 is 1.08 bits per heavy atom. The van der Waals surface area contributed by atoms with Crippen molar-refractivity contribution in [1.29, 1.82) is 0 Å². The van der Waals surface area contributed by atoms with Crippen molar-refractivity contribution in [2.75, 3.05) is 5.32 Å². The molecule has 0 saturated carbocycles. The zero-order chi connectivity index (χ0) is 18.4. The molecule has 26 heavy (non-hydrogen) atoms. The van der Waals surface area contributed by atoms with Gasteiger partial charge >= 0.3 is 0 Å². The van der Waals surface area contributed by atoms with Crippen LogP contribution in [-0.2, 0) is 0 Å². The summed E-state index contributed by atoms with van der Waals surface area (Å²) in [5, 5.41) is 4.08. The molecule has 1 N–H and O–H groups in total. The number of pyridine rings is 1. The second-order valence-corrected chi connectivity index (χ2v) is 6.70. The van der Waals surface area contributed by atoms with Gasteiger partial charge in [-0.15, -0.1) is 0 Å². The van der Waals surface area contributed by atoms with E-state index >= 15 is 0 Å². The number of unbranched alkanes of at least 4 members (excludes halogenated alkanes) is 3. The monoisotopic (exact) mass is 350 g/mol. The first kappa shape index (κ1) is 18.1. The number of hydrogen-bond acceptors (Lipinski definition) is 4. The lowest BCUT2D eigenvalue weighted by Gasteiger charge is -2.17. The number of benzene rings is 1. The quantitative estimate of drug-likeness (QED) is 0.576. The van der Waals surface area contributed by atoms with Crippen molar-refractivity contribution in [3.8, 4) is 0 Å². The van der Waals surface area contributed by atoms with Crippen LogP contribution in [0.3, 0.4) is 0 Å². The van der Waals surface area contributed by atoms with Crippen LogP contribution in [0.5, 0.6) is 0 Å². The van der Waals surface area contributed by atoms with E-state index in [0.717, 1.165) is 23.9 Å². The first-order valence-electron chi connectivity index (χ1n) is 9.39. The number of fused-ring (bicyclic) bond motifs is 1. The fourth-order valence-electron chi connectivity index (χ4n) is 3.17. The summed E-state index contributed by atoms with van der Waals surface area (Å²) in [5.74, 6) is 0.501. The average molecular weight is 350 g/mol. The number of para-hydroxylation sites is 1. The van der Waals surface area contributed by atoms with Gasteiger partial charge in [0.25, 0.3) is 5.56 Å². The molecule has 1 aromatic carbocycles. The molecule has 1 unspecified atom stereocenters. The maximum atomic E-state index is 12.5. The largest absolute Gasteiger partial charge is 0.324 e. The Balaban J connectivity index is 1.90. The lowest BCUT2D eigenvalue weighted by atomic mass is 10.1. The summed E-state index contributed by atoms with van der Waals surface area (Å²) in [6, 6.07) is 13.3. The van der Waals surface area contributed by atoms with Gasteiger partial charge < -0.3 is 5.32 Å². The molecule has 3 rings (SSSR count). The second kappa shape index (κ2) is 8.61. The fourth-order valence-corrected chi connectivity index (χ4v) is 3.17. The van der Waals surface area contributed by atoms with Crippen molar-refractivity contribution in [1.82, 2.24) is 14.5 Å². The van der Waals surface area contributed by atoms with Gasteiger partial charge in [-0.05, 0) is 31.5 Å². The highest BCUT2D eigenvalue weighted by Crippen LogP contribution is 2.20. The van der Waals surface area contributed by atoms with Gasteiger partial charge in [0.1, 0.15) is 5.65 Å². The topological polar surface area (TPSA) is 59.8 Å². The molecule has 0 radical (unpaired) electrons. The van der Waals surface area contributed by atoms with Crippen LogP contribution in [0.15, 0.2) is 53.5 Å². The molecule has 0 spiro atoms. The number of rotatable bonds is 8. The molecule has 1 atom stereocenters. The third-order valence-corrected chi connectivity index (χ3v) is 4.61. The van der Waals surface area contributed by atoms with Gasteiger partial charge in [0, 0.05) is 29.4 Å². The maximum absolute atomic E-state index is 12.5. The maximum Gasteiger partial charge on any atom is 0.252 e. The lowest BCUT2D eigenvalue weighted by molar-refractivity contribution is 0.471. The molecule has 0 fully saturated rings. The molecule has 3 aromatic rings. The SMILES string of the molecule is CCCCCCC(C)n1c(=O)ccc2cnc(Nc3ccccc3)nc21. The van der Waals surface area contributed by atoms with Crippen molar-refractivity contribution in [2.45, 2.75) is 52.0 Å². The first-order chi connectivity index (χ1) is 12.7. The van der Waals surface area contributed by atoms with Gasteiger partial charge in [-0.3, -0.25) is 9.36 Å². The highest BCUT2D eigenvalue weighted by atomic mass is 16.1. The fraction of sp³-hybridized carbons (Fsp3) is 0.381. The molecule has 0 aliphatic rings. The number of nitrogens with zero attached hydrogens (tertiary/aromatic N) is 3. The van der Waals surface area contributed by atoms with E-state index in [-0.39, 0.29) is 11.6 Å². The van der Waals surface area contributed by atoms with Crippen LogP contribution in [0, 0.1) is 0 Å². The molecule has 5 nitrogen and oxygen atoms in total. The molecule has 0 aliphatic heterocycles. The van der Waals surface area contributed by atoms with Crippen molar-refractivity contribution in [3.05, 3.63) is 59.0 Å². The van der Waals surface area contributed by atoms with E-state index in [1.807, 2.05) is 30.3 Å². The minimum absolute atomic E-state index is 0.00940. The Bertz CT molecular complexity index is 905. The molecule has 2 heterocycles. The summed E-state index contributed by atoms with van der Waals surface area (Å²) < 4.78 is 1.80. The molecule has 0 bridgehead atoms. The minimum Gasteiger partial charge on any atom is -0.324 e. The van der Waals surface area contributed by atoms with E-state index in [9.17, 15) is 4.79 Å². The Labute approximate surface area is 154 Å². The standard InChI is InChI=1S/C21H26N4O/c1-3-4-5-7-10-16(2)25-19(26)14-13-17-15-22-21(24-20(17)25)23-18-11-8-6-9-12-18/h6,8-9,11-16H,3-5,7,10H2,1-2H3,(H,22,23,24). The first-order valence-corrected chi connectivity index (χ1v) is 9.39. The summed E-state index contributed by atoms with van der Waals surface area (Å²) in [5.41, 5.74) is 1.60. The Hall–Kier alpha value is -2.69. The molecule has 0 amide bonds. The predicted molar refractivity (Wildman–Crippen MR) is 107 cm³/mol. The number of hydrogen-bond donors (Lipinski definition) is 1. The van der Waals surface area contributed by atoms with Gasteiger partial charge in [0.2, 0.25) is 5.95 Å². The average Bonchev–Trinajstić information content (AvgIpc) is 2.66.